The Labute approximate surface area is 140 Å². The number of hydrogen-bond acceptors (Lipinski definition) is 4. The number of hydrogen-bond donors (Lipinski definition) is 0. The number of benzene rings is 2. The monoisotopic (exact) mass is 322 g/mol. The van der Waals surface area contributed by atoms with Gasteiger partial charge in [0.15, 0.2) is 5.78 Å². The van der Waals surface area contributed by atoms with Crippen molar-refractivity contribution in [1.82, 2.24) is 9.97 Å². The van der Waals surface area contributed by atoms with Crippen LogP contribution in [0.4, 0.5) is 0 Å². The van der Waals surface area contributed by atoms with Gasteiger partial charge in [-0.25, -0.2) is 9.97 Å². The predicted molar refractivity (Wildman–Crippen MR) is 95.2 cm³/mol. The van der Waals surface area contributed by atoms with Crippen LogP contribution in [0.3, 0.4) is 0 Å². The topological polar surface area (TPSA) is 42.9 Å². The van der Waals surface area contributed by atoms with E-state index in [4.69, 9.17) is 0 Å². The molecule has 2 aromatic carbocycles. The third-order valence-corrected chi connectivity index (χ3v) is 4.80. The van der Waals surface area contributed by atoms with Crippen molar-refractivity contribution in [2.45, 2.75) is 25.8 Å². The first kappa shape index (κ1) is 15.7. The lowest BCUT2D eigenvalue weighted by Gasteiger charge is -2.08. The zero-order valence-electron chi connectivity index (χ0n) is 13.5. The maximum absolute atomic E-state index is 12.5. The quantitative estimate of drug-likeness (QED) is 0.523. The number of rotatable bonds is 4. The normalized spacial score (nSPS) is 10.9. The molecule has 0 saturated carbocycles. The van der Waals surface area contributed by atoms with E-state index in [2.05, 4.69) is 9.97 Å². The molecule has 1 heterocycles. The van der Waals surface area contributed by atoms with Crippen LogP contribution in [-0.2, 0) is 0 Å². The molecule has 0 radical (unpaired) electrons. The summed E-state index contributed by atoms with van der Waals surface area (Å²) in [5.41, 5.74) is 5.52. The highest BCUT2D eigenvalue weighted by molar-refractivity contribution is 8.00. The van der Waals surface area contributed by atoms with Crippen LogP contribution in [0.1, 0.15) is 27.2 Å². The van der Waals surface area contributed by atoms with Gasteiger partial charge < -0.3 is 0 Å². The highest BCUT2D eigenvalue weighted by Gasteiger charge is 2.12. The van der Waals surface area contributed by atoms with Crippen LogP contribution in [-0.4, -0.2) is 21.5 Å². The number of aromatic nitrogens is 2. The second kappa shape index (κ2) is 6.50. The second-order valence-electron chi connectivity index (χ2n) is 5.63. The molecule has 23 heavy (non-hydrogen) atoms. The van der Waals surface area contributed by atoms with Gasteiger partial charge in [0.1, 0.15) is 5.03 Å². The second-order valence-corrected chi connectivity index (χ2v) is 6.60. The molecule has 0 atom stereocenters. The van der Waals surface area contributed by atoms with E-state index < -0.39 is 0 Å². The number of aryl methyl sites for hydroxylation is 3. The third kappa shape index (κ3) is 3.42. The Kier molecular flexibility index (Phi) is 4.44. The first-order valence-corrected chi connectivity index (χ1v) is 8.50. The van der Waals surface area contributed by atoms with Crippen LogP contribution in [0.25, 0.3) is 11.0 Å². The number of nitrogens with zero attached hydrogens (tertiary/aromatic N) is 2. The standard InChI is InChI=1S/C19H18N2OS/c1-12-8-9-13(2)15(10-12)18(22)11-23-19-14(3)20-16-6-4-5-7-17(16)21-19/h4-10H,11H2,1-3H3. The number of thioether (sulfide) groups is 1. The Morgan fingerprint density at radius 3 is 2.43 bits per heavy atom. The fraction of sp³-hybridized carbons (Fsp3) is 0.211. The van der Waals surface area contributed by atoms with E-state index in [-0.39, 0.29) is 5.78 Å². The minimum atomic E-state index is 0.130. The molecule has 0 amide bonds. The number of para-hydroxylation sites is 2. The van der Waals surface area contributed by atoms with Crippen molar-refractivity contribution >= 4 is 28.6 Å². The maximum atomic E-state index is 12.5. The van der Waals surface area contributed by atoms with E-state index >= 15 is 0 Å². The molecule has 1 aromatic heterocycles. The summed E-state index contributed by atoms with van der Waals surface area (Å²) in [4.78, 5) is 21.7. The molecular formula is C19H18N2OS. The lowest BCUT2D eigenvalue weighted by molar-refractivity contribution is 0.102. The fourth-order valence-corrected chi connectivity index (χ4v) is 3.30. The molecule has 0 bridgehead atoms. The number of fused-ring (bicyclic) bond motifs is 1. The summed E-state index contributed by atoms with van der Waals surface area (Å²) in [5, 5.41) is 0.822. The number of carbonyl (C=O) groups excluding carboxylic acids is 1. The highest BCUT2D eigenvalue weighted by atomic mass is 32.2. The van der Waals surface area contributed by atoms with Crippen molar-refractivity contribution < 1.29 is 4.79 Å². The number of Topliss-reactive ketones (excluding diaryl/α,β-unsaturated/α-hetero) is 1. The molecule has 0 aliphatic carbocycles. The lowest BCUT2D eigenvalue weighted by Crippen LogP contribution is -2.06. The van der Waals surface area contributed by atoms with Crippen LogP contribution >= 0.6 is 11.8 Å². The van der Waals surface area contributed by atoms with Gasteiger partial charge in [-0.15, -0.1) is 0 Å². The third-order valence-electron chi connectivity index (χ3n) is 3.73. The Balaban J connectivity index is 1.81. The van der Waals surface area contributed by atoms with Crippen LogP contribution in [0.15, 0.2) is 47.5 Å². The molecule has 0 unspecified atom stereocenters. The Hall–Kier alpha value is -2.20. The van der Waals surface area contributed by atoms with Crippen LogP contribution in [0, 0.1) is 20.8 Å². The van der Waals surface area contributed by atoms with Crippen molar-refractivity contribution in [1.29, 1.82) is 0 Å². The first-order chi connectivity index (χ1) is 11.0. The van der Waals surface area contributed by atoms with Gasteiger partial charge in [0.2, 0.25) is 0 Å². The van der Waals surface area contributed by atoms with Gasteiger partial charge in [0.05, 0.1) is 22.5 Å². The van der Waals surface area contributed by atoms with Crippen molar-refractivity contribution in [2.75, 3.05) is 5.75 Å². The fourth-order valence-electron chi connectivity index (χ4n) is 2.46. The molecule has 0 spiro atoms. The summed E-state index contributed by atoms with van der Waals surface area (Å²) in [6.07, 6.45) is 0. The first-order valence-electron chi connectivity index (χ1n) is 7.51. The largest absolute Gasteiger partial charge is 0.293 e. The highest BCUT2D eigenvalue weighted by Crippen LogP contribution is 2.23. The van der Waals surface area contributed by atoms with E-state index in [0.717, 1.165) is 38.4 Å². The Morgan fingerprint density at radius 2 is 1.70 bits per heavy atom. The molecule has 3 aromatic rings. The van der Waals surface area contributed by atoms with Gasteiger partial charge in [-0.1, -0.05) is 41.6 Å². The molecule has 4 heteroatoms. The molecule has 0 fully saturated rings. The molecule has 3 rings (SSSR count). The molecule has 0 N–H and O–H groups in total. The summed E-state index contributed by atoms with van der Waals surface area (Å²) in [5.74, 6) is 0.503. The number of ketones is 1. The summed E-state index contributed by atoms with van der Waals surface area (Å²) in [7, 11) is 0. The van der Waals surface area contributed by atoms with E-state index in [0.29, 0.717) is 5.75 Å². The smallest absolute Gasteiger partial charge is 0.173 e. The van der Waals surface area contributed by atoms with Crippen molar-refractivity contribution in [2.24, 2.45) is 0 Å². The van der Waals surface area contributed by atoms with Gasteiger partial charge in [-0.3, -0.25) is 4.79 Å². The molecule has 0 aliphatic rings. The van der Waals surface area contributed by atoms with E-state index in [1.165, 1.54) is 11.8 Å². The average molecular weight is 322 g/mol. The van der Waals surface area contributed by atoms with E-state index in [1.807, 2.05) is 63.2 Å². The summed E-state index contributed by atoms with van der Waals surface area (Å²) < 4.78 is 0. The molecule has 0 aliphatic heterocycles. The summed E-state index contributed by atoms with van der Waals surface area (Å²) in [6.45, 7) is 5.91. The zero-order valence-corrected chi connectivity index (χ0v) is 14.3. The van der Waals surface area contributed by atoms with Crippen molar-refractivity contribution in [3.63, 3.8) is 0 Å². The predicted octanol–water partition coefficient (Wildman–Crippen LogP) is 4.53. The minimum Gasteiger partial charge on any atom is -0.293 e. The Bertz CT molecular complexity index is 890. The van der Waals surface area contributed by atoms with Crippen molar-refractivity contribution in [3.05, 3.63) is 64.8 Å². The van der Waals surface area contributed by atoms with Gasteiger partial charge in [-0.2, -0.15) is 0 Å². The van der Waals surface area contributed by atoms with Crippen LogP contribution < -0.4 is 0 Å². The molecule has 116 valence electrons. The SMILES string of the molecule is Cc1ccc(C)c(C(=O)CSc2nc3ccccc3nc2C)c1. The zero-order chi connectivity index (χ0) is 16.4. The van der Waals surface area contributed by atoms with E-state index in [1.54, 1.807) is 0 Å². The summed E-state index contributed by atoms with van der Waals surface area (Å²) in [6, 6.07) is 13.8. The number of carbonyl (C=O) groups is 1. The minimum absolute atomic E-state index is 0.130. The Morgan fingerprint density at radius 1 is 1.00 bits per heavy atom. The van der Waals surface area contributed by atoms with Gasteiger partial charge in [0, 0.05) is 5.56 Å². The molecule has 3 nitrogen and oxygen atoms in total. The van der Waals surface area contributed by atoms with Crippen LogP contribution in [0.2, 0.25) is 0 Å². The average Bonchev–Trinajstić information content (AvgIpc) is 2.54. The maximum Gasteiger partial charge on any atom is 0.173 e. The van der Waals surface area contributed by atoms with Gasteiger partial charge in [-0.05, 0) is 44.5 Å². The van der Waals surface area contributed by atoms with E-state index in [9.17, 15) is 4.79 Å². The summed E-state index contributed by atoms with van der Waals surface area (Å²) >= 11 is 1.46. The van der Waals surface area contributed by atoms with Crippen molar-refractivity contribution in [3.8, 4) is 0 Å². The molecule has 0 saturated heterocycles. The van der Waals surface area contributed by atoms with Gasteiger partial charge >= 0.3 is 0 Å². The molecular weight excluding hydrogens is 304 g/mol. The van der Waals surface area contributed by atoms with Crippen LogP contribution in [0.5, 0.6) is 0 Å². The lowest BCUT2D eigenvalue weighted by atomic mass is 10.0. The van der Waals surface area contributed by atoms with Gasteiger partial charge in [0.25, 0.3) is 0 Å².